The summed E-state index contributed by atoms with van der Waals surface area (Å²) in [6, 6.07) is 7.61. The molecule has 1 aliphatic rings. The molecule has 1 unspecified atom stereocenters. The Hall–Kier alpha value is -1.54. The summed E-state index contributed by atoms with van der Waals surface area (Å²) in [5, 5.41) is 8.69. The van der Waals surface area contributed by atoms with Crippen LogP contribution in [0.25, 0.3) is 0 Å². The van der Waals surface area contributed by atoms with E-state index in [0.29, 0.717) is 13.0 Å². The number of nitriles is 1. The Labute approximate surface area is 108 Å². The zero-order chi connectivity index (χ0) is 12.4. The standard InChI is InChI=1S/C12H11BrN2O2/c1-8-6-9(2-3-11(8)13)15-5-4-10(7-14)17-12(15)16/h2-3,6,10H,4-5H2,1H3. The molecule has 1 amide bonds. The molecule has 1 heterocycles. The van der Waals surface area contributed by atoms with Crippen molar-refractivity contribution in [1.82, 2.24) is 0 Å². The third kappa shape index (κ3) is 2.42. The highest BCUT2D eigenvalue weighted by molar-refractivity contribution is 9.10. The number of cyclic esters (lactones) is 1. The highest BCUT2D eigenvalue weighted by Crippen LogP contribution is 2.25. The predicted molar refractivity (Wildman–Crippen MR) is 66.7 cm³/mol. The number of carbonyl (C=O) groups excluding carboxylic acids is 1. The van der Waals surface area contributed by atoms with E-state index < -0.39 is 12.2 Å². The van der Waals surface area contributed by atoms with Crippen LogP contribution in [0.3, 0.4) is 0 Å². The average Bonchev–Trinajstić information content (AvgIpc) is 2.32. The van der Waals surface area contributed by atoms with Gasteiger partial charge in [0.25, 0.3) is 0 Å². The van der Waals surface area contributed by atoms with Crippen LogP contribution in [-0.4, -0.2) is 18.7 Å². The molecule has 1 aromatic rings. The summed E-state index contributed by atoms with van der Waals surface area (Å²) >= 11 is 3.41. The van der Waals surface area contributed by atoms with E-state index in [9.17, 15) is 4.79 Å². The molecule has 0 aromatic heterocycles. The largest absolute Gasteiger partial charge is 0.430 e. The summed E-state index contributed by atoms with van der Waals surface area (Å²) in [6.07, 6.45) is -0.531. The molecule has 0 bridgehead atoms. The van der Waals surface area contributed by atoms with E-state index in [-0.39, 0.29) is 0 Å². The summed E-state index contributed by atoms with van der Waals surface area (Å²) in [5.41, 5.74) is 1.85. The molecule has 4 nitrogen and oxygen atoms in total. The Bertz CT molecular complexity index is 496. The van der Waals surface area contributed by atoms with Crippen LogP contribution < -0.4 is 4.90 Å². The summed E-state index contributed by atoms with van der Waals surface area (Å²) in [5.74, 6) is 0. The van der Waals surface area contributed by atoms with Crippen LogP contribution >= 0.6 is 15.9 Å². The van der Waals surface area contributed by atoms with Crippen LogP contribution in [0.15, 0.2) is 22.7 Å². The van der Waals surface area contributed by atoms with Crippen molar-refractivity contribution in [3.8, 4) is 6.07 Å². The minimum Gasteiger partial charge on any atom is -0.430 e. The van der Waals surface area contributed by atoms with Gasteiger partial charge in [-0.25, -0.2) is 4.79 Å². The highest BCUT2D eigenvalue weighted by atomic mass is 79.9. The predicted octanol–water partition coefficient (Wildman–Crippen LogP) is 3.00. The molecule has 5 heteroatoms. The van der Waals surface area contributed by atoms with Gasteiger partial charge in [-0.05, 0) is 30.7 Å². The molecule has 17 heavy (non-hydrogen) atoms. The number of carbonyl (C=O) groups is 1. The number of nitrogens with zero attached hydrogens (tertiary/aromatic N) is 2. The second-order valence-corrected chi connectivity index (χ2v) is 4.73. The third-order valence-electron chi connectivity index (χ3n) is 2.68. The molecule has 1 aliphatic heterocycles. The zero-order valence-corrected chi connectivity index (χ0v) is 10.9. The van der Waals surface area contributed by atoms with E-state index in [1.165, 1.54) is 0 Å². The number of hydrogen-bond acceptors (Lipinski definition) is 3. The molecular weight excluding hydrogens is 284 g/mol. The second-order valence-electron chi connectivity index (χ2n) is 3.88. The van der Waals surface area contributed by atoms with Gasteiger partial charge in [0, 0.05) is 23.1 Å². The maximum Gasteiger partial charge on any atom is 0.415 e. The Morgan fingerprint density at radius 3 is 2.94 bits per heavy atom. The van der Waals surface area contributed by atoms with Crippen molar-refractivity contribution < 1.29 is 9.53 Å². The fraction of sp³-hybridized carbons (Fsp3) is 0.333. The van der Waals surface area contributed by atoms with Gasteiger partial charge >= 0.3 is 6.09 Å². The van der Waals surface area contributed by atoms with Gasteiger partial charge in [0.15, 0.2) is 6.10 Å². The third-order valence-corrected chi connectivity index (χ3v) is 3.57. The molecule has 0 spiro atoms. The number of hydrogen-bond donors (Lipinski definition) is 0. The van der Waals surface area contributed by atoms with E-state index in [2.05, 4.69) is 15.9 Å². The topological polar surface area (TPSA) is 53.3 Å². The van der Waals surface area contributed by atoms with E-state index in [1.54, 1.807) is 4.90 Å². The average molecular weight is 295 g/mol. The molecule has 1 saturated heterocycles. The number of benzene rings is 1. The Morgan fingerprint density at radius 2 is 2.35 bits per heavy atom. The first-order valence-corrected chi connectivity index (χ1v) is 6.05. The SMILES string of the molecule is Cc1cc(N2CCC(C#N)OC2=O)ccc1Br. The summed E-state index contributed by atoms with van der Waals surface area (Å²) in [6.45, 7) is 2.47. The van der Waals surface area contributed by atoms with Gasteiger partial charge in [0.1, 0.15) is 6.07 Å². The molecule has 0 aliphatic carbocycles. The van der Waals surface area contributed by atoms with Crippen molar-refractivity contribution in [2.45, 2.75) is 19.4 Å². The van der Waals surface area contributed by atoms with Gasteiger partial charge in [0.05, 0.1) is 0 Å². The van der Waals surface area contributed by atoms with E-state index >= 15 is 0 Å². The quantitative estimate of drug-likeness (QED) is 0.800. The lowest BCUT2D eigenvalue weighted by atomic mass is 10.2. The summed E-state index contributed by atoms with van der Waals surface area (Å²) in [7, 11) is 0. The summed E-state index contributed by atoms with van der Waals surface area (Å²) in [4.78, 5) is 13.3. The van der Waals surface area contributed by atoms with Gasteiger partial charge < -0.3 is 4.74 Å². The Kier molecular flexibility index (Phi) is 3.34. The van der Waals surface area contributed by atoms with Crippen molar-refractivity contribution in [3.63, 3.8) is 0 Å². The number of aryl methyl sites for hydroxylation is 1. The van der Waals surface area contributed by atoms with Crippen molar-refractivity contribution in [3.05, 3.63) is 28.2 Å². The molecule has 2 rings (SSSR count). The monoisotopic (exact) mass is 294 g/mol. The lowest BCUT2D eigenvalue weighted by molar-refractivity contribution is 0.111. The van der Waals surface area contributed by atoms with Crippen molar-refractivity contribution in [2.24, 2.45) is 0 Å². The van der Waals surface area contributed by atoms with Crippen LogP contribution in [0.1, 0.15) is 12.0 Å². The highest BCUT2D eigenvalue weighted by Gasteiger charge is 2.27. The molecule has 0 radical (unpaired) electrons. The van der Waals surface area contributed by atoms with E-state index in [4.69, 9.17) is 10.00 Å². The van der Waals surface area contributed by atoms with Crippen LogP contribution in [0.2, 0.25) is 0 Å². The van der Waals surface area contributed by atoms with Crippen molar-refractivity contribution in [2.75, 3.05) is 11.4 Å². The van der Waals surface area contributed by atoms with Crippen molar-refractivity contribution in [1.29, 1.82) is 5.26 Å². The van der Waals surface area contributed by atoms with E-state index in [0.717, 1.165) is 15.7 Å². The lowest BCUT2D eigenvalue weighted by Gasteiger charge is -2.29. The molecule has 1 aromatic carbocycles. The first-order chi connectivity index (χ1) is 8.11. The number of rotatable bonds is 1. The molecule has 1 fully saturated rings. The van der Waals surface area contributed by atoms with Gasteiger partial charge in [-0.3, -0.25) is 4.90 Å². The minimum atomic E-state index is -0.615. The van der Waals surface area contributed by atoms with Crippen LogP contribution in [-0.2, 0) is 4.74 Å². The number of amides is 1. The first-order valence-electron chi connectivity index (χ1n) is 5.25. The maximum absolute atomic E-state index is 11.7. The van der Waals surface area contributed by atoms with Gasteiger partial charge in [-0.2, -0.15) is 5.26 Å². The fourth-order valence-corrected chi connectivity index (χ4v) is 1.95. The molecule has 0 saturated carbocycles. The number of halogens is 1. The number of ether oxygens (including phenoxy) is 1. The minimum absolute atomic E-state index is 0.454. The van der Waals surface area contributed by atoms with E-state index in [1.807, 2.05) is 31.2 Å². The van der Waals surface area contributed by atoms with Gasteiger partial charge in [-0.1, -0.05) is 15.9 Å². The van der Waals surface area contributed by atoms with Crippen LogP contribution in [0.5, 0.6) is 0 Å². The fourth-order valence-electron chi connectivity index (χ4n) is 1.70. The molecule has 0 N–H and O–H groups in total. The number of anilines is 1. The molecular formula is C12H11BrN2O2. The van der Waals surface area contributed by atoms with Crippen LogP contribution in [0.4, 0.5) is 10.5 Å². The molecule has 1 atom stereocenters. The Morgan fingerprint density at radius 1 is 1.59 bits per heavy atom. The second kappa shape index (κ2) is 4.76. The molecule has 88 valence electrons. The maximum atomic E-state index is 11.7. The summed E-state index contributed by atoms with van der Waals surface area (Å²) < 4.78 is 5.99. The van der Waals surface area contributed by atoms with Crippen LogP contribution in [0, 0.1) is 18.3 Å². The van der Waals surface area contributed by atoms with Gasteiger partial charge in [-0.15, -0.1) is 0 Å². The smallest absolute Gasteiger partial charge is 0.415 e. The first kappa shape index (κ1) is 11.9. The van der Waals surface area contributed by atoms with Crippen molar-refractivity contribution >= 4 is 27.7 Å². The van der Waals surface area contributed by atoms with Gasteiger partial charge in [0.2, 0.25) is 0 Å². The normalized spacial score (nSPS) is 19.7. The Balaban J connectivity index is 2.21. The lowest BCUT2D eigenvalue weighted by Crippen LogP contribution is -2.41. The zero-order valence-electron chi connectivity index (χ0n) is 9.31.